The normalized spacial score (nSPS) is 20.3. The van der Waals surface area contributed by atoms with Crippen molar-refractivity contribution in [2.75, 3.05) is 63.9 Å². The van der Waals surface area contributed by atoms with E-state index in [0.717, 1.165) is 87.3 Å². The highest BCUT2D eigenvalue weighted by Gasteiger charge is 2.26. The minimum atomic E-state index is 0.622. The van der Waals surface area contributed by atoms with Crippen LogP contribution in [0.25, 0.3) is 16.3 Å². The van der Waals surface area contributed by atoms with Gasteiger partial charge in [-0.1, -0.05) is 23.7 Å². The Morgan fingerprint density at radius 3 is 2.38 bits per heavy atom. The Morgan fingerprint density at radius 1 is 0.969 bits per heavy atom. The highest BCUT2D eigenvalue weighted by Crippen LogP contribution is 2.41. The number of morpholine rings is 1. The number of nitrogens with zero attached hydrogens (tertiary/aromatic N) is 4. The van der Waals surface area contributed by atoms with Crippen molar-refractivity contribution in [1.29, 1.82) is 0 Å². The average molecular weight is 453 g/mol. The number of rotatable bonds is 5. The van der Waals surface area contributed by atoms with Crippen LogP contribution in [0.2, 0.25) is 0 Å². The minimum Gasteiger partial charge on any atom is -0.379 e. The highest BCUT2D eigenvalue weighted by atomic mass is 35.5. The number of halogens is 1. The summed E-state index contributed by atoms with van der Waals surface area (Å²) in [5.74, 6) is 0. The first kappa shape index (κ1) is 21.9. The van der Waals surface area contributed by atoms with E-state index in [-0.39, 0.29) is 0 Å². The van der Waals surface area contributed by atoms with Crippen LogP contribution >= 0.6 is 11.6 Å². The molecular weight excluding hydrogens is 420 g/mol. The lowest BCUT2D eigenvalue weighted by molar-refractivity contribution is 0.0422. The fourth-order valence-electron chi connectivity index (χ4n) is 5.08. The van der Waals surface area contributed by atoms with Gasteiger partial charge in [-0.25, -0.2) is 0 Å². The van der Waals surface area contributed by atoms with Crippen LogP contribution in [-0.4, -0.2) is 79.9 Å². The molecule has 2 aliphatic heterocycles. The Morgan fingerprint density at radius 2 is 1.69 bits per heavy atom. The van der Waals surface area contributed by atoms with Crippen molar-refractivity contribution in [3.63, 3.8) is 0 Å². The molecule has 2 fully saturated rings. The number of pyridine rings is 1. The summed E-state index contributed by atoms with van der Waals surface area (Å²) >= 11 is 6.94. The van der Waals surface area contributed by atoms with E-state index in [4.69, 9.17) is 21.3 Å². The van der Waals surface area contributed by atoms with Crippen LogP contribution in [0, 0.1) is 0 Å². The van der Waals surface area contributed by atoms with Crippen LogP contribution in [0.5, 0.6) is 0 Å². The lowest BCUT2D eigenvalue weighted by Gasteiger charge is -2.38. The summed E-state index contributed by atoms with van der Waals surface area (Å²) in [7, 11) is 0. The third kappa shape index (κ3) is 4.44. The van der Waals surface area contributed by atoms with Gasteiger partial charge in [0.1, 0.15) is 0 Å². The van der Waals surface area contributed by atoms with Gasteiger partial charge in [0, 0.05) is 74.9 Å². The molecule has 0 atom stereocenters. The first-order valence-corrected chi connectivity index (χ1v) is 12.2. The molecule has 5 rings (SSSR count). The second-order valence-corrected chi connectivity index (χ2v) is 9.72. The van der Waals surface area contributed by atoms with Gasteiger partial charge in [0.2, 0.25) is 0 Å². The maximum atomic E-state index is 6.94. The zero-order chi connectivity index (χ0) is 22.1. The first-order valence-electron chi connectivity index (χ1n) is 11.9. The van der Waals surface area contributed by atoms with E-state index in [2.05, 4.69) is 58.9 Å². The van der Waals surface area contributed by atoms with Gasteiger partial charge >= 0.3 is 0 Å². The molecule has 0 spiro atoms. The maximum Gasteiger partial charge on any atom is 0.0792 e. The van der Waals surface area contributed by atoms with Crippen LogP contribution in [-0.2, 0) is 11.2 Å². The van der Waals surface area contributed by atoms with E-state index in [1.54, 1.807) is 0 Å². The van der Waals surface area contributed by atoms with Gasteiger partial charge in [-0.15, -0.1) is 0 Å². The number of ether oxygens (including phenoxy) is 1. The Bertz CT molecular complexity index is 974. The summed E-state index contributed by atoms with van der Waals surface area (Å²) in [5, 5.41) is 0.892. The molecule has 0 bridgehead atoms. The van der Waals surface area contributed by atoms with Gasteiger partial charge in [-0.05, 0) is 49.6 Å². The molecule has 170 valence electrons. The van der Waals surface area contributed by atoms with Gasteiger partial charge in [0.15, 0.2) is 0 Å². The van der Waals surface area contributed by atoms with E-state index < -0.39 is 0 Å². The average Bonchev–Trinajstić information content (AvgIpc) is 3.15. The van der Waals surface area contributed by atoms with Crippen LogP contribution in [0.15, 0.2) is 42.1 Å². The highest BCUT2D eigenvalue weighted by molar-refractivity contribution is 6.50. The SMILES string of the molecule is CC(C)N1CCN(c2ccc(-c3nccc4c3C(Cl)=C(CN3CCOCC3)C4)cc2)CC1. The number of anilines is 1. The molecular formula is C26H33ClN4O. The molecule has 0 saturated carbocycles. The van der Waals surface area contributed by atoms with Crippen LogP contribution < -0.4 is 4.90 Å². The molecule has 1 aromatic heterocycles. The Hall–Kier alpha value is -1.92. The molecule has 0 amide bonds. The van der Waals surface area contributed by atoms with Crippen molar-refractivity contribution < 1.29 is 4.74 Å². The number of aromatic nitrogens is 1. The van der Waals surface area contributed by atoms with Gasteiger partial charge in [-0.3, -0.25) is 14.8 Å². The van der Waals surface area contributed by atoms with Crippen molar-refractivity contribution in [1.82, 2.24) is 14.8 Å². The van der Waals surface area contributed by atoms with E-state index in [9.17, 15) is 0 Å². The Balaban J connectivity index is 1.34. The molecule has 1 aromatic carbocycles. The predicted octanol–water partition coefficient (Wildman–Crippen LogP) is 4.12. The van der Waals surface area contributed by atoms with Gasteiger partial charge in [0.25, 0.3) is 0 Å². The standard InChI is InChI=1S/C26H33ClN4O/c1-19(2)30-9-11-31(12-10-30)23-5-3-20(4-6-23)26-24-21(7-8-28-26)17-22(25(24)27)18-29-13-15-32-16-14-29/h3-8,19H,9-18H2,1-2H3. The number of benzene rings is 1. The summed E-state index contributed by atoms with van der Waals surface area (Å²) < 4.78 is 5.49. The van der Waals surface area contributed by atoms with Gasteiger partial charge < -0.3 is 9.64 Å². The molecule has 3 heterocycles. The fourth-order valence-corrected chi connectivity index (χ4v) is 5.42. The topological polar surface area (TPSA) is 31.8 Å². The molecule has 3 aliphatic rings. The molecule has 6 heteroatoms. The summed E-state index contributed by atoms with van der Waals surface area (Å²) in [6.07, 6.45) is 2.84. The molecule has 0 unspecified atom stereocenters. The van der Waals surface area contributed by atoms with Crippen molar-refractivity contribution >= 4 is 22.3 Å². The minimum absolute atomic E-state index is 0.622. The van der Waals surface area contributed by atoms with Crippen LogP contribution in [0.4, 0.5) is 5.69 Å². The van der Waals surface area contributed by atoms with Crippen molar-refractivity contribution in [3.05, 3.63) is 53.2 Å². The van der Waals surface area contributed by atoms with Crippen molar-refractivity contribution in [3.8, 4) is 11.3 Å². The molecule has 0 N–H and O–H groups in total. The maximum absolute atomic E-state index is 6.94. The lowest BCUT2D eigenvalue weighted by atomic mass is 10.0. The van der Waals surface area contributed by atoms with E-state index in [1.807, 2.05) is 6.20 Å². The number of fused-ring (bicyclic) bond motifs is 1. The van der Waals surface area contributed by atoms with Crippen LogP contribution in [0.3, 0.4) is 0 Å². The Kier molecular flexibility index (Phi) is 6.51. The number of hydrogen-bond acceptors (Lipinski definition) is 5. The van der Waals surface area contributed by atoms with Gasteiger partial charge in [0.05, 0.1) is 23.9 Å². The summed E-state index contributed by atoms with van der Waals surface area (Å²) in [4.78, 5) is 12.2. The summed E-state index contributed by atoms with van der Waals surface area (Å²) in [6, 6.07) is 11.6. The quantitative estimate of drug-likeness (QED) is 0.681. The molecule has 2 saturated heterocycles. The van der Waals surface area contributed by atoms with E-state index in [0.29, 0.717) is 6.04 Å². The van der Waals surface area contributed by atoms with Crippen molar-refractivity contribution in [2.45, 2.75) is 26.3 Å². The molecule has 5 nitrogen and oxygen atoms in total. The summed E-state index contributed by atoms with van der Waals surface area (Å²) in [5.41, 5.74) is 7.14. The van der Waals surface area contributed by atoms with Gasteiger partial charge in [-0.2, -0.15) is 0 Å². The Labute approximate surface area is 196 Å². The molecule has 32 heavy (non-hydrogen) atoms. The van der Waals surface area contributed by atoms with E-state index >= 15 is 0 Å². The van der Waals surface area contributed by atoms with Crippen molar-refractivity contribution in [2.24, 2.45) is 0 Å². The smallest absolute Gasteiger partial charge is 0.0792 e. The number of piperazine rings is 1. The molecule has 1 aliphatic carbocycles. The number of hydrogen-bond donors (Lipinski definition) is 0. The molecule has 2 aromatic rings. The summed E-state index contributed by atoms with van der Waals surface area (Å²) in [6.45, 7) is 13.4. The zero-order valence-corrected chi connectivity index (χ0v) is 19.9. The zero-order valence-electron chi connectivity index (χ0n) is 19.2. The molecule has 0 radical (unpaired) electrons. The van der Waals surface area contributed by atoms with Crippen LogP contribution in [0.1, 0.15) is 25.0 Å². The predicted molar refractivity (Wildman–Crippen MR) is 132 cm³/mol. The second kappa shape index (κ2) is 9.52. The van der Waals surface area contributed by atoms with E-state index in [1.165, 1.54) is 16.8 Å². The first-order chi connectivity index (χ1) is 15.6. The third-order valence-corrected chi connectivity index (χ3v) is 7.50. The third-order valence-electron chi connectivity index (χ3n) is 7.04. The monoisotopic (exact) mass is 452 g/mol. The fraction of sp³-hybridized carbons (Fsp3) is 0.500. The lowest BCUT2D eigenvalue weighted by Crippen LogP contribution is -2.48. The largest absolute Gasteiger partial charge is 0.379 e. The second-order valence-electron chi connectivity index (χ2n) is 9.34.